The van der Waals surface area contributed by atoms with Gasteiger partial charge in [-0.05, 0) is 18.6 Å². The first kappa shape index (κ1) is 12.1. The van der Waals surface area contributed by atoms with E-state index in [-0.39, 0.29) is 11.5 Å². The smallest absolute Gasteiger partial charge is 0.354 e. The van der Waals surface area contributed by atoms with E-state index in [9.17, 15) is 9.59 Å². The Morgan fingerprint density at radius 3 is 2.61 bits per heavy atom. The number of ether oxygens (including phenoxy) is 1. The number of hydrogen-bond acceptors (Lipinski definition) is 3. The standard InChI is InChI=1S/C14H13NO3/c1-9-5-3-4-6-11(9)13(16)10-7-12(15-8-10)14(17)18-2/h3-8,15H,1-2H3. The Morgan fingerprint density at radius 2 is 1.94 bits per heavy atom. The maximum absolute atomic E-state index is 12.2. The van der Waals surface area contributed by atoms with Crippen LogP contribution in [0, 0.1) is 6.92 Å². The molecule has 1 N–H and O–H groups in total. The van der Waals surface area contributed by atoms with Crippen LogP contribution < -0.4 is 0 Å². The number of carbonyl (C=O) groups excluding carboxylic acids is 2. The number of carbonyl (C=O) groups is 2. The lowest BCUT2D eigenvalue weighted by molar-refractivity contribution is 0.0595. The van der Waals surface area contributed by atoms with Crippen molar-refractivity contribution < 1.29 is 14.3 Å². The molecule has 0 unspecified atom stereocenters. The second-order valence-electron chi connectivity index (χ2n) is 3.94. The molecule has 4 heteroatoms. The number of hydrogen-bond donors (Lipinski definition) is 1. The number of aryl methyl sites for hydroxylation is 1. The molecule has 4 nitrogen and oxygen atoms in total. The van der Waals surface area contributed by atoms with Gasteiger partial charge >= 0.3 is 5.97 Å². The zero-order valence-corrected chi connectivity index (χ0v) is 10.2. The lowest BCUT2D eigenvalue weighted by Crippen LogP contribution is -2.03. The molecule has 1 aromatic heterocycles. The predicted molar refractivity (Wildman–Crippen MR) is 66.7 cm³/mol. The highest BCUT2D eigenvalue weighted by Crippen LogP contribution is 2.15. The van der Waals surface area contributed by atoms with Gasteiger partial charge < -0.3 is 9.72 Å². The molecule has 0 bridgehead atoms. The third-order valence-electron chi connectivity index (χ3n) is 2.74. The van der Waals surface area contributed by atoms with Crippen molar-refractivity contribution in [2.24, 2.45) is 0 Å². The minimum Gasteiger partial charge on any atom is -0.464 e. The summed E-state index contributed by atoms with van der Waals surface area (Å²) in [5, 5.41) is 0. The highest BCUT2D eigenvalue weighted by Gasteiger charge is 2.15. The third-order valence-corrected chi connectivity index (χ3v) is 2.74. The maximum atomic E-state index is 12.2. The molecule has 0 saturated carbocycles. The van der Waals surface area contributed by atoms with E-state index >= 15 is 0 Å². The Labute approximate surface area is 105 Å². The van der Waals surface area contributed by atoms with Crippen LogP contribution in [0.3, 0.4) is 0 Å². The number of aromatic nitrogens is 1. The molecule has 1 heterocycles. The second-order valence-corrected chi connectivity index (χ2v) is 3.94. The highest BCUT2D eigenvalue weighted by atomic mass is 16.5. The average molecular weight is 243 g/mol. The minimum absolute atomic E-state index is 0.112. The Balaban J connectivity index is 2.33. The fourth-order valence-electron chi connectivity index (χ4n) is 1.74. The van der Waals surface area contributed by atoms with Gasteiger partial charge in [0.05, 0.1) is 7.11 Å². The summed E-state index contributed by atoms with van der Waals surface area (Å²) < 4.78 is 4.58. The molecular weight excluding hydrogens is 230 g/mol. The van der Waals surface area contributed by atoms with Crippen LogP contribution in [-0.4, -0.2) is 23.8 Å². The zero-order valence-electron chi connectivity index (χ0n) is 10.2. The molecule has 92 valence electrons. The lowest BCUT2D eigenvalue weighted by Gasteiger charge is -2.01. The van der Waals surface area contributed by atoms with Crippen molar-refractivity contribution in [3.8, 4) is 0 Å². The first-order valence-electron chi connectivity index (χ1n) is 5.50. The molecule has 0 aliphatic carbocycles. The van der Waals surface area contributed by atoms with Gasteiger partial charge in [0.15, 0.2) is 5.78 Å². The maximum Gasteiger partial charge on any atom is 0.354 e. The van der Waals surface area contributed by atoms with Gasteiger partial charge in [-0.25, -0.2) is 4.79 Å². The van der Waals surface area contributed by atoms with Gasteiger partial charge in [0, 0.05) is 17.3 Å². The van der Waals surface area contributed by atoms with E-state index in [1.807, 2.05) is 25.1 Å². The summed E-state index contributed by atoms with van der Waals surface area (Å²) in [4.78, 5) is 26.2. The van der Waals surface area contributed by atoms with E-state index in [0.717, 1.165) is 5.56 Å². The Morgan fingerprint density at radius 1 is 1.22 bits per heavy atom. The number of ketones is 1. The van der Waals surface area contributed by atoms with Crippen molar-refractivity contribution in [2.75, 3.05) is 7.11 Å². The summed E-state index contributed by atoms with van der Waals surface area (Å²) in [5.41, 5.74) is 2.26. The van der Waals surface area contributed by atoms with E-state index in [1.54, 1.807) is 6.07 Å². The van der Waals surface area contributed by atoms with Crippen molar-refractivity contribution >= 4 is 11.8 Å². The molecular formula is C14H13NO3. The molecule has 1 aromatic carbocycles. The number of rotatable bonds is 3. The lowest BCUT2D eigenvalue weighted by atomic mass is 10.0. The van der Waals surface area contributed by atoms with Crippen LogP contribution in [0.15, 0.2) is 36.5 Å². The van der Waals surface area contributed by atoms with Crippen LogP contribution in [0.5, 0.6) is 0 Å². The van der Waals surface area contributed by atoms with Gasteiger partial charge in [0.2, 0.25) is 0 Å². The summed E-state index contributed by atoms with van der Waals surface area (Å²) in [5.74, 6) is -0.599. The third kappa shape index (κ3) is 2.18. The molecule has 0 aliphatic rings. The van der Waals surface area contributed by atoms with E-state index < -0.39 is 5.97 Å². The summed E-state index contributed by atoms with van der Waals surface area (Å²) in [6.07, 6.45) is 1.51. The van der Waals surface area contributed by atoms with Crippen LogP contribution in [0.4, 0.5) is 0 Å². The molecule has 0 amide bonds. The van der Waals surface area contributed by atoms with Gasteiger partial charge in [-0.3, -0.25) is 4.79 Å². The normalized spacial score (nSPS) is 10.1. The van der Waals surface area contributed by atoms with E-state index in [2.05, 4.69) is 9.72 Å². The first-order valence-corrected chi connectivity index (χ1v) is 5.50. The van der Waals surface area contributed by atoms with Gasteiger partial charge in [-0.1, -0.05) is 24.3 Å². The van der Waals surface area contributed by atoms with E-state index in [1.165, 1.54) is 19.4 Å². The SMILES string of the molecule is COC(=O)c1cc(C(=O)c2ccccc2C)c[nH]1. The predicted octanol–water partition coefficient (Wildman–Crippen LogP) is 2.34. The van der Waals surface area contributed by atoms with Crippen molar-refractivity contribution in [1.82, 2.24) is 4.98 Å². The molecule has 0 fully saturated rings. The van der Waals surface area contributed by atoms with Gasteiger partial charge in [-0.2, -0.15) is 0 Å². The molecule has 2 rings (SSSR count). The number of esters is 1. The summed E-state index contributed by atoms with van der Waals surface area (Å²) >= 11 is 0. The molecule has 0 aliphatic heterocycles. The van der Waals surface area contributed by atoms with Gasteiger partial charge in [-0.15, -0.1) is 0 Å². The molecule has 0 spiro atoms. The van der Waals surface area contributed by atoms with Crippen LogP contribution in [-0.2, 0) is 4.74 Å². The van der Waals surface area contributed by atoms with Crippen molar-refractivity contribution in [2.45, 2.75) is 6.92 Å². The first-order chi connectivity index (χ1) is 8.63. The fraction of sp³-hybridized carbons (Fsp3) is 0.143. The highest BCUT2D eigenvalue weighted by molar-refractivity contribution is 6.10. The molecule has 0 saturated heterocycles. The average Bonchev–Trinajstić information content (AvgIpc) is 2.87. The van der Waals surface area contributed by atoms with Crippen molar-refractivity contribution in [3.05, 3.63) is 58.9 Å². The Bertz CT molecular complexity index is 599. The number of methoxy groups -OCH3 is 1. The van der Waals surface area contributed by atoms with Crippen LogP contribution in [0.1, 0.15) is 32.0 Å². The monoisotopic (exact) mass is 243 g/mol. The summed E-state index contributed by atoms with van der Waals surface area (Å²) in [6.45, 7) is 1.88. The number of benzene rings is 1. The summed E-state index contributed by atoms with van der Waals surface area (Å²) in [7, 11) is 1.30. The van der Waals surface area contributed by atoms with Crippen molar-refractivity contribution in [1.29, 1.82) is 0 Å². The molecule has 0 atom stereocenters. The van der Waals surface area contributed by atoms with Crippen molar-refractivity contribution in [3.63, 3.8) is 0 Å². The molecule has 18 heavy (non-hydrogen) atoms. The number of nitrogens with one attached hydrogen (secondary N) is 1. The van der Waals surface area contributed by atoms with Crippen LogP contribution in [0.25, 0.3) is 0 Å². The number of aromatic amines is 1. The quantitative estimate of drug-likeness (QED) is 0.665. The van der Waals surface area contributed by atoms with Crippen LogP contribution >= 0.6 is 0 Å². The summed E-state index contributed by atoms with van der Waals surface area (Å²) in [6, 6.07) is 8.83. The van der Waals surface area contributed by atoms with Gasteiger partial charge in [0.1, 0.15) is 5.69 Å². The largest absolute Gasteiger partial charge is 0.464 e. The zero-order chi connectivity index (χ0) is 13.1. The molecule has 0 radical (unpaired) electrons. The Hall–Kier alpha value is -2.36. The topological polar surface area (TPSA) is 59.2 Å². The van der Waals surface area contributed by atoms with Gasteiger partial charge in [0.25, 0.3) is 0 Å². The molecule has 2 aromatic rings. The van der Waals surface area contributed by atoms with Crippen LogP contribution in [0.2, 0.25) is 0 Å². The van der Waals surface area contributed by atoms with E-state index in [4.69, 9.17) is 0 Å². The fourth-order valence-corrected chi connectivity index (χ4v) is 1.74. The minimum atomic E-state index is -0.487. The second kappa shape index (κ2) is 4.87. The van der Waals surface area contributed by atoms with E-state index in [0.29, 0.717) is 11.1 Å². The number of H-pyrrole nitrogens is 1. The Kier molecular flexibility index (Phi) is 3.28.